The molecule has 0 fully saturated rings. The fraction of sp³-hybridized carbons (Fsp3) is 0.429. The van der Waals surface area contributed by atoms with Crippen molar-refractivity contribution in [1.82, 2.24) is 19.7 Å². The molecule has 12 nitrogen and oxygen atoms in total. The van der Waals surface area contributed by atoms with Crippen LogP contribution in [0.25, 0.3) is 17.1 Å². The Hall–Kier alpha value is -4.13. The van der Waals surface area contributed by atoms with Gasteiger partial charge in [-0.25, -0.2) is 19.3 Å². The molecule has 218 valence electrons. The number of ether oxygens (including phenoxy) is 4. The van der Waals surface area contributed by atoms with Crippen LogP contribution in [0, 0.1) is 0 Å². The first-order chi connectivity index (χ1) is 19.1. The number of carbonyl (C=O) groups is 3. The van der Waals surface area contributed by atoms with Gasteiger partial charge in [-0.15, -0.1) is 4.90 Å². The summed E-state index contributed by atoms with van der Waals surface area (Å²) < 4.78 is 23.3. The van der Waals surface area contributed by atoms with Crippen LogP contribution in [-0.4, -0.2) is 62.0 Å². The molecule has 1 aliphatic heterocycles. The zero-order valence-corrected chi connectivity index (χ0v) is 25.1. The fourth-order valence-corrected chi connectivity index (χ4v) is 4.71. The summed E-state index contributed by atoms with van der Waals surface area (Å²) in [6.45, 7) is 11.7. The molecule has 2 aromatic heterocycles. The number of benzene rings is 1. The lowest BCUT2D eigenvalue weighted by molar-refractivity contribution is -0.136. The maximum absolute atomic E-state index is 13.3. The Morgan fingerprint density at radius 3 is 2.12 bits per heavy atom. The van der Waals surface area contributed by atoms with Crippen molar-refractivity contribution in [2.75, 3.05) is 17.8 Å². The second-order valence-electron chi connectivity index (χ2n) is 11.2. The highest BCUT2D eigenvalue weighted by Gasteiger charge is 2.36. The van der Waals surface area contributed by atoms with Crippen LogP contribution in [0.1, 0.15) is 59.7 Å². The van der Waals surface area contributed by atoms with E-state index >= 15 is 0 Å². The van der Waals surface area contributed by atoms with Crippen LogP contribution < -0.4 is 9.64 Å². The van der Waals surface area contributed by atoms with Gasteiger partial charge in [-0.1, -0.05) is 23.9 Å². The normalized spacial score (nSPS) is 13.2. The van der Waals surface area contributed by atoms with E-state index in [0.29, 0.717) is 44.7 Å². The molecule has 3 heterocycles. The first-order valence-electron chi connectivity index (χ1n) is 12.8. The topological polar surface area (TPSA) is 135 Å². The molecule has 0 saturated carbocycles. The Labute approximate surface area is 242 Å². The number of hydrogen-bond donors (Lipinski definition) is 0. The molecule has 0 spiro atoms. The molecule has 0 atom stereocenters. The summed E-state index contributed by atoms with van der Waals surface area (Å²) in [7, 11) is 1.59. The highest BCUT2D eigenvalue weighted by Crippen LogP contribution is 2.36. The minimum atomic E-state index is -0.989. The first kappa shape index (κ1) is 29.8. The molecule has 2 amide bonds. The van der Waals surface area contributed by atoms with E-state index in [1.165, 1.54) is 18.7 Å². The summed E-state index contributed by atoms with van der Waals surface area (Å²) >= 11 is 1.26. The minimum absolute atomic E-state index is 0.234. The Morgan fingerprint density at radius 2 is 1.59 bits per heavy atom. The van der Waals surface area contributed by atoms with E-state index in [2.05, 4.69) is 9.97 Å². The van der Waals surface area contributed by atoms with Crippen LogP contribution in [0.15, 0.2) is 35.1 Å². The molecular formula is C28H33N5O7S. The van der Waals surface area contributed by atoms with Crippen LogP contribution in [0.5, 0.6) is 5.75 Å². The second-order valence-corrected chi connectivity index (χ2v) is 12.2. The van der Waals surface area contributed by atoms with Crippen molar-refractivity contribution in [2.24, 2.45) is 0 Å². The monoisotopic (exact) mass is 583 g/mol. The van der Waals surface area contributed by atoms with E-state index in [9.17, 15) is 14.4 Å². The van der Waals surface area contributed by atoms with Crippen molar-refractivity contribution in [3.05, 3.63) is 41.3 Å². The summed E-state index contributed by atoms with van der Waals surface area (Å²) in [4.78, 5) is 48.3. The molecule has 0 aliphatic carbocycles. The van der Waals surface area contributed by atoms with Crippen LogP contribution in [-0.2, 0) is 25.5 Å². The molecule has 0 unspecified atom stereocenters. The van der Waals surface area contributed by atoms with Crippen molar-refractivity contribution >= 4 is 53.0 Å². The molecular weight excluding hydrogens is 550 g/mol. The Bertz CT molecular complexity index is 1490. The van der Waals surface area contributed by atoms with E-state index in [1.807, 2.05) is 24.3 Å². The van der Waals surface area contributed by atoms with Gasteiger partial charge in [0.15, 0.2) is 5.65 Å². The van der Waals surface area contributed by atoms with Gasteiger partial charge in [0.2, 0.25) is 5.95 Å². The van der Waals surface area contributed by atoms with Crippen molar-refractivity contribution in [3.8, 4) is 5.75 Å². The third kappa shape index (κ3) is 7.34. The standard InChI is InChI=1S/C28H33N5O7S/c1-16(34)38-19-13-20-21-22(32(31-20)14-17-9-11-18(37-8)12-10-17)29-24(30-23(21)41-15-19)33(25(35)39-27(2,3)4)26(36)40-28(5,6)7/h9-13H,14-15H2,1-8H3. The Balaban J connectivity index is 1.89. The minimum Gasteiger partial charge on any atom is -0.497 e. The molecule has 0 bridgehead atoms. The van der Waals surface area contributed by atoms with Gasteiger partial charge >= 0.3 is 18.2 Å². The molecule has 41 heavy (non-hydrogen) atoms. The van der Waals surface area contributed by atoms with Gasteiger partial charge in [-0.3, -0.25) is 4.79 Å². The third-order valence-corrected chi connectivity index (χ3v) is 6.34. The molecule has 3 aromatic rings. The number of rotatable bonds is 5. The van der Waals surface area contributed by atoms with E-state index in [0.717, 1.165) is 5.56 Å². The number of hydrogen-bond acceptors (Lipinski definition) is 11. The number of amides is 2. The van der Waals surface area contributed by atoms with Gasteiger partial charge in [0.05, 0.1) is 24.8 Å². The molecule has 13 heteroatoms. The van der Waals surface area contributed by atoms with E-state index in [-0.39, 0.29) is 11.7 Å². The molecule has 0 N–H and O–H groups in total. The number of aromatic nitrogens is 4. The van der Waals surface area contributed by atoms with Crippen molar-refractivity contribution in [3.63, 3.8) is 0 Å². The van der Waals surface area contributed by atoms with Gasteiger partial charge in [0, 0.05) is 13.0 Å². The third-order valence-electron chi connectivity index (χ3n) is 5.34. The molecule has 1 aliphatic rings. The van der Waals surface area contributed by atoms with Crippen molar-refractivity contribution < 1.29 is 33.3 Å². The summed E-state index contributed by atoms with van der Waals surface area (Å²) in [6.07, 6.45) is -0.311. The lowest BCUT2D eigenvalue weighted by Crippen LogP contribution is -2.44. The largest absolute Gasteiger partial charge is 0.497 e. The van der Waals surface area contributed by atoms with Crippen LogP contribution in [0.2, 0.25) is 0 Å². The first-order valence-corrected chi connectivity index (χ1v) is 13.8. The summed E-state index contributed by atoms with van der Waals surface area (Å²) in [5, 5.41) is 5.76. The van der Waals surface area contributed by atoms with E-state index < -0.39 is 29.4 Å². The SMILES string of the molecule is COc1ccc(Cn2nc3c4c(nc(N(C(=O)OC(C)(C)C)C(=O)OC(C)(C)C)nc42)SCC(OC(C)=O)=C3)cc1. The zero-order valence-electron chi connectivity index (χ0n) is 24.3. The van der Waals surface area contributed by atoms with Gasteiger partial charge in [-0.2, -0.15) is 10.1 Å². The lowest BCUT2D eigenvalue weighted by atomic mass is 10.2. The number of nitrogens with zero attached hydrogens (tertiary/aromatic N) is 5. The predicted octanol–water partition coefficient (Wildman–Crippen LogP) is 5.57. The Kier molecular flexibility index (Phi) is 8.29. The summed E-state index contributed by atoms with van der Waals surface area (Å²) in [6, 6.07) is 7.45. The Morgan fingerprint density at radius 1 is 0.976 bits per heavy atom. The van der Waals surface area contributed by atoms with Crippen LogP contribution in [0.3, 0.4) is 0 Å². The maximum Gasteiger partial charge on any atom is 0.427 e. The predicted molar refractivity (Wildman–Crippen MR) is 153 cm³/mol. The van der Waals surface area contributed by atoms with Gasteiger partial charge in [0.1, 0.15) is 33.4 Å². The number of esters is 1. The number of methoxy groups -OCH3 is 1. The molecule has 0 saturated heterocycles. The quantitative estimate of drug-likeness (QED) is 0.212. The van der Waals surface area contributed by atoms with E-state index in [1.54, 1.807) is 59.4 Å². The highest BCUT2D eigenvalue weighted by molar-refractivity contribution is 7.99. The average molecular weight is 584 g/mol. The number of anilines is 1. The second kappa shape index (κ2) is 11.4. The smallest absolute Gasteiger partial charge is 0.427 e. The van der Waals surface area contributed by atoms with Crippen LogP contribution >= 0.6 is 11.8 Å². The fourth-order valence-electron chi connectivity index (χ4n) is 3.81. The average Bonchev–Trinajstić information content (AvgIpc) is 3.07. The van der Waals surface area contributed by atoms with Gasteiger partial charge in [0.25, 0.3) is 0 Å². The van der Waals surface area contributed by atoms with Crippen LogP contribution in [0.4, 0.5) is 15.5 Å². The van der Waals surface area contributed by atoms with Gasteiger partial charge in [-0.05, 0) is 59.2 Å². The number of imide groups is 1. The lowest BCUT2D eigenvalue weighted by Gasteiger charge is -2.27. The molecule has 4 rings (SSSR count). The summed E-state index contributed by atoms with van der Waals surface area (Å²) in [5.41, 5.74) is -0.0750. The number of carbonyl (C=O) groups excluding carboxylic acids is 3. The number of thioether (sulfide) groups is 1. The highest BCUT2D eigenvalue weighted by atomic mass is 32.2. The van der Waals surface area contributed by atoms with E-state index in [4.69, 9.17) is 24.0 Å². The van der Waals surface area contributed by atoms with Crippen molar-refractivity contribution in [2.45, 2.75) is 71.2 Å². The molecule has 1 aromatic carbocycles. The zero-order chi connectivity index (χ0) is 30.1. The summed E-state index contributed by atoms with van der Waals surface area (Å²) in [5.74, 6) is 0.649. The maximum atomic E-state index is 13.3. The van der Waals surface area contributed by atoms with Crippen molar-refractivity contribution in [1.29, 1.82) is 0 Å². The molecule has 0 radical (unpaired) electrons. The van der Waals surface area contributed by atoms with Gasteiger partial charge < -0.3 is 18.9 Å².